The molecule has 156 valence electrons. The molecule has 0 bridgehead atoms. The van der Waals surface area contributed by atoms with Crippen LogP contribution in [0.15, 0.2) is 47.1 Å². The highest BCUT2D eigenvalue weighted by molar-refractivity contribution is 6.30. The Morgan fingerprint density at radius 1 is 1.33 bits per heavy atom. The summed E-state index contributed by atoms with van der Waals surface area (Å²) in [5.41, 5.74) is 7.18. The number of methoxy groups -OCH3 is 2. The minimum Gasteiger partial charge on any atom is -0.497 e. The zero-order valence-electron chi connectivity index (χ0n) is 16.7. The number of halogens is 1. The molecular weight excluding hydrogens is 410 g/mol. The number of ether oxygens (including phenoxy) is 4. The molecule has 0 amide bonds. The van der Waals surface area contributed by atoms with Crippen molar-refractivity contribution in [1.29, 1.82) is 5.26 Å². The molecule has 0 saturated carbocycles. The van der Waals surface area contributed by atoms with Crippen LogP contribution in [0.1, 0.15) is 18.4 Å². The molecule has 0 radical (unpaired) electrons. The van der Waals surface area contributed by atoms with Crippen molar-refractivity contribution in [3.63, 3.8) is 0 Å². The summed E-state index contributed by atoms with van der Waals surface area (Å²) in [6, 6.07) is 9.10. The summed E-state index contributed by atoms with van der Waals surface area (Å²) in [7, 11) is 3.05. The van der Waals surface area contributed by atoms with E-state index in [1.165, 1.54) is 7.11 Å². The summed E-state index contributed by atoms with van der Waals surface area (Å²) >= 11 is 6.47. The molecule has 0 fully saturated rings. The fraction of sp³-hybridized carbons (Fsp3) is 0.286. The normalized spacial score (nSPS) is 16.3. The van der Waals surface area contributed by atoms with Crippen LogP contribution < -0.4 is 10.5 Å². The average Bonchev–Trinajstić information content (AvgIpc) is 2.72. The maximum absolute atomic E-state index is 12.8. The molecule has 8 nitrogen and oxygen atoms in total. The van der Waals surface area contributed by atoms with Gasteiger partial charge < -0.3 is 24.7 Å². The lowest BCUT2D eigenvalue weighted by Crippen LogP contribution is -2.26. The van der Waals surface area contributed by atoms with E-state index in [0.717, 1.165) is 5.39 Å². The second kappa shape index (κ2) is 9.03. The number of nitrogens with zero attached hydrogens (tertiary/aromatic N) is 2. The quantitative estimate of drug-likeness (QED) is 0.422. The number of carbonyl (C=O) groups is 1. The minimum absolute atomic E-state index is 0.0425. The standard InChI is InChI=1S/C21H20ClN3O5/c1-11-17(21(26)29-7-6-27-2)18(15(10-23)20(24)30-11)14-9-12-8-13(28-3)4-5-16(12)25-19(14)22/h4-5,8-9,18H,6-7,24H2,1-3H3. The van der Waals surface area contributed by atoms with Crippen molar-refractivity contribution in [2.24, 2.45) is 5.73 Å². The van der Waals surface area contributed by atoms with Crippen LogP contribution in [0.3, 0.4) is 0 Å². The largest absolute Gasteiger partial charge is 0.497 e. The molecule has 1 atom stereocenters. The maximum Gasteiger partial charge on any atom is 0.338 e. The summed E-state index contributed by atoms with van der Waals surface area (Å²) in [6.07, 6.45) is 0. The van der Waals surface area contributed by atoms with Crippen molar-refractivity contribution in [2.75, 3.05) is 27.4 Å². The van der Waals surface area contributed by atoms with Crippen LogP contribution in [0, 0.1) is 11.3 Å². The van der Waals surface area contributed by atoms with Crippen molar-refractivity contribution in [3.8, 4) is 11.8 Å². The highest BCUT2D eigenvalue weighted by Gasteiger charge is 2.38. The first kappa shape index (κ1) is 21.4. The number of hydrogen-bond acceptors (Lipinski definition) is 8. The third kappa shape index (κ3) is 4.03. The number of rotatable bonds is 6. The topological polar surface area (TPSA) is 117 Å². The van der Waals surface area contributed by atoms with E-state index in [0.29, 0.717) is 16.8 Å². The first-order valence-electron chi connectivity index (χ1n) is 8.99. The molecule has 30 heavy (non-hydrogen) atoms. The third-order valence-corrected chi connectivity index (χ3v) is 4.96. The second-order valence-corrected chi connectivity index (χ2v) is 6.81. The van der Waals surface area contributed by atoms with E-state index in [1.807, 2.05) is 6.07 Å². The molecule has 1 aromatic heterocycles. The summed E-state index contributed by atoms with van der Waals surface area (Å²) < 4.78 is 20.9. The van der Waals surface area contributed by atoms with Crippen LogP contribution in [0.25, 0.3) is 10.9 Å². The lowest BCUT2D eigenvalue weighted by atomic mass is 9.83. The third-order valence-electron chi connectivity index (χ3n) is 4.66. The van der Waals surface area contributed by atoms with Gasteiger partial charge in [0.25, 0.3) is 0 Å². The molecule has 2 heterocycles. The summed E-state index contributed by atoms with van der Waals surface area (Å²) in [6.45, 7) is 1.85. The fourth-order valence-electron chi connectivity index (χ4n) is 3.23. The van der Waals surface area contributed by atoms with Crippen LogP contribution in [-0.2, 0) is 19.0 Å². The summed E-state index contributed by atoms with van der Waals surface area (Å²) in [5, 5.41) is 10.6. The highest BCUT2D eigenvalue weighted by atomic mass is 35.5. The molecule has 2 N–H and O–H groups in total. The smallest absolute Gasteiger partial charge is 0.338 e. The van der Waals surface area contributed by atoms with Gasteiger partial charge in [0, 0.05) is 18.1 Å². The SMILES string of the molecule is COCCOC(=O)C1=C(C)OC(N)=C(C#N)C1c1cc2cc(OC)ccc2nc1Cl. The maximum atomic E-state index is 12.8. The van der Waals surface area contributed by atoms with Crippen LogP contribution in [0.5, 0.6) is 5.75 Å². The Bertz CT molecular complexity index is 1100. The Labute approximate surface area is 178 Å². The van der Waals surface area contributed by atoms with Gasteiger partial charge in [-0.25, -0.2) is 9.78 Å². The second-order valence-electron chi connectivity index (χ2n) is 6.45. The monoisotopic (exact) mass is 429 g/mol. The van der Waals surface area contributed by atoms with Gasteiger partial charge in [0.15, 0.2) is 0 Å². The Morgan fingerprint density at radius 2 is 2.10 bits per heavy atom. The molecule has 1 aliphatic rings. The molecule has 1 aliphatic heterocycles. The Balaban J connectivity index is 2.17. The number of nitrogens with two attached hydrogens (primary N) is 1. The van der Waals surface area contributed by atoms with Gasteiger partial charge >= 0.3 is 5.97 Å². The zero-order chi connectivity index (χ0) is 21.8. The van der Waals surface area contributed by atoms with E-state index < -0.39 is 11.9 Å². The average molecular weight is 430 g/mol. The first-order chi connectivity index (χ1) is 14.4. The van der Waals surface area contributed by atoms with Crippen LogP contribution in [0.2, 0.25) is 5.15 Å². The highest BCUT2D eigenvalue weighted by Crippen LogP contribution is 2.42. The lowest BCUT2D eigenvalue weighted by molar-refractivity contribution is -0.140. The van der Waals surface area contributed by atoms with E-state index >= 15 is 0 Å². The number of allylic oxidation sites excluding steroid dienone is 2. The van der Waals surface area contributed by atoms with E-state index in [9.17, 15) is 10.1 Å². The van der Waals surface area contributed by atoms with E-state index in [4.69, 9.17) is 36.3 Å². The van der Waals surface area contributed by atoms with Crippen LogP contribution in [0.4, 0.5) is 0 Å². The van der Waals surface area contributed by atoms with Crippen molar-refractivity contribution in [1.82, 2.24) is 4.98 Å². The predicted molar refractivity (Wildman–Crippen MR) is 109 cm³/mol. The Kier molecular flexibility index (Phi) is 6.45. The fourth-order valence-corrected chi connectivity index (χ4v) is 3.48. The first-order valence-corrected chi connectivity index (χ1v) is 9.37. The van der Waals surface area contributed by atoms with E-state index in [-0.39, 0.29) is 41.2 Å². The van der Waals surface area contributed by atoms with Gasteiger partial charge in [0.05, 0.1) is 30.7 Å². The Morgan fingerprint density at radius 3 is 2.77 bits per heavy atom. The summed E-state index contributed by atoms with van der Waals surface area (Å²) in [5.74, 6) is -0.798. The molecule has 0 spiro atoms. The number of hydrogen-bond donors (Lipinski definition) is 1. The van der Waals surface area contributed by atoms with Gasteiger partial charge in [-0.1, -0.05) is 11.6 Å². The zero-order valence-corrected chi connectivity index (χ0v) is 17.4. The molecule has 1 aromatic carbocycles. The number of aromatic nitrogens is 1. The van der Waals surface area contributed by atoms with Crippen molar-refractivity contribution in [3.05, 3.63) is 57.8 Å². The molecule has 2 aromatic rings. The number of esters is 1. The van der Waals surface area contributed by atoms with Crippen LogP contribution in [-0.4, -0.2) is 38.4 Å². The van der Waals surface area contributed by atoms with E-state index in [1.54, 1.807) is 38.3 Å². The van der Waals surface area contributed by atoms with E-state index in [2.05, 4.69) is 4.98 Å². The van der Waals surface area contributed by atoms with Crippen molar-refractivity contribution in [2.45, 2.75) is 12.8 Å². The predicted octanol–water partition coefficient (Wildman–Crippen LogP) is 3.17. The van der Waals surface area contributed by atoms with Gasteiger partial charge in [-0.3, -0.25) is 0 Å². The number of benzene rings is 1. The molecule has 9 heteroatoms. The molecular formula is C21H20ClN3O5. The van der Waals surface area contributed by atoms with Gasteiger partial charge in [-0.15, -0.1) is 0 Å². The molecule has 3 rings (SSSR count). The van der Waals surface area contributed by atoms with Crippen molar-refractivity contribution < 1.29 is 23.7 Å². The lowest BCUT2D eigenvalue weighted by Gasteiger charge is -2.27. The number of pyridine rings is 1. The number of carbonyl (C=O) groups excluding carboxylic acids is 1. The van der Waals surface area contributed by atoms with Gasteiger partial charge in [-0.2, -0.15) is 5.26 Å². The van der Waals surface area contributed by atoms with Gasteiger partial charge in [0.2, 0.25) is 5.88 Å². The van der Waals surface area contributed by atoms with Crippen LogP contribution >= 0.6 is 11.6 Å². The minimum atomic E-state index is -0.894. The summed E-state index contributed by atoms with van der Waals surface area (Å²) in [4.78, 5) is 17.3. The molecule has 0 aliphatic carbocycles. The Hall–Kier alpha value is -3.28. The molecule has 1 unspecified atom stereocenters. The van der Waals surface area contributed by atoms with Gasteiger partial charge in [0.1, 0.15) is 34.9 Å². The van der Waals surface area contributed by atoms with Crippen molar-refractivity contribution >= 4 is 28.5 Å². The van der Waals surface area contributed by atoms with Gasteiger partial charge in [-0.05, 0) is 31.2 Å². The number of nitriles is 1. The number of fused-ring (bicyclic) bond motifs is 1. The molecule has 0 saturated heterocycles.